The van der Waals surface area contributed by atoms with Gasteiger partial charge in [-0.05, 0) is 60.6 Å². The van der Waals surface area contributed by atoms with Crippen molar-refractivity contribution in [3.8, 4) is 11.5 Å². The number of rotatable bonds is 6. The minimum atomic E-state index is 0.110. The van der Waals surface area contributed by atoms with E-state index < -0.39 is 0 Å². The number of benzene rings is 2. The van der Waals surface area contributed by atoms with E-state index in [0.717, 1.165) is 40.1 Å². The molecule has 27 heavy (non-hydrogen) atoms. The average Bonchev–Trinajstić information content (AvgIpc) is 2.72. The lowest BCUT2D eigenvalue weighted by atomic mass is 10.0. The molecule has 0 spiro atoms. The van der Waals surface area contributed by atoms with Gasteiger partial charge in [0, 0.05) is 17.3 Å². The van der Waals surface area contributed by atoms with Crippen LogP contribution in [-0.2, 0) is 0 Å². The number of nitrogens with zero attached hydrogens (tertiary/aromatic N) is 1. The van der Waals surface area contributed by atoms with Gasteiger partial charge in [-0.1, -0.05) is 19.1 Å². The van der Waals surface area contributed by atoms with E-state index in [0.29, 0.717) is 5.11 Å². The Bertz CT molecular complexity index is 928. The maximum Gasteiger partial charge on any atom is 0.171 e. The highest BCUT2D eigenvalue weighted by atomic mass is 32.1. The summed E-state index contributed by atoms with van der Waals surface area (Å²) in [7, 11) is 3.31. The number of aromatic nitrogens is 1. The molecule has 0 aliphatic carbocycles. The molecule has 0 aliphatic rings. The van der Waals surface area contributed by atoms with Gasteiger partial charge < -0.3 is 20.1 Å². The van der Waals surface area contributed by atoms with Crippen molar-refractivity contribution in [2.75, 3.05) is 19.5 Å². The molecule has 5 nitrogen and oxygen atoms in total. The molecule has 2 aromatic carbocycles. The highest BCUT2D eigenvalue weighted by Crippen LogP contribution is 2.30. The van der Waals surface area contributed by atoms with Gasteiger partial charge in [0.25, 0.3) is 0 Å². The number of hydrogen-bond acceptors (Lipinski definition) is 4. The van der Waals surface area contributed by atoms with Crippen molar-refractivity contribution >= 4 is 33.9 Å². The number of pyridine rings is 1. The summed E-state index contributed by atoms with van der Waals surface area (Å²) in [5, 5.41) is 8.20. The van der Waals surface area contributed by atoms with Crippen molar-refractivity contribution in [3.05, 3.63) is 60.3 Å². The fourth-order valence-corrected chi connectivity index (χ4v) is 3.25. The van der Waals surface area contributed by atoms with Crippen molar-refractivity contribution in [2.45, 2.75) is 19.4 Å². The third-order valence-electron chi connectivity index (χ3n) is 4.43. The molecule has 1 atom stereocenters. The maximum atomic E-state index is 5.55. The second kappa shape index (κ2) is 8.68. The zero-order chi connectivity index (χ0) is 19.2. The number of hydrogen-bond donors (Lipinski definition) is 2. The zero-order valence-electron chi connectivity index (χ0n) is 15.7. The van der Waals surface area contributed by atoms with Crippen LogP contribution in [0.3, 0.4) is 0 Å². The van der Waals surface area contributed by atoms with Crippen molar-refractivity contribution in [1.29, 1.82) is 0 Å². The fraction of sp³-hybridized carbons (Fsp3) is 0.238. The molecule has 1 heterocycles. The molecule has 3 aromatic rings. The van der Waals surface area contributed by atoms with Crippen LogP contribution in [0.4, 0.5) is 5.69 Å². The Morgan fingerprint density at radius 3 is 2.52 bits per heavy atom. The summed E-state index contributed by atoms with van der Waals surface area (Å²) in [6, 6.07) is 15.9. The van der Waals surface area contributed by atoms with Crippen LogP contribution in [0.15, 0.2) is 54.7 Å². The highest BCUT2D eigenvalue weighted by molar-refractivity contribution is 7.80. The van der Waals surface area contributed by atoms with Gasteiger partial charge in [-0.25, -0.2) is 0 Å². The lowest BCUT2D eigenvalue weighted by Gasteiger charge is -2.21. The van der Waals surface area contributed by atoms with Gasteiger partial charge >= 0.3 is 0 Å². The van der Waals surface area contributed by atoms with E-state index >= 15 is 0 Å². The number of methoxy groups -OCH3 is 2. The van der Waals surface area contributed by atoms with E-state index in [1.165, 1.54) is 0 Å². The van der Waals surface area contributed by atoms with E-state index in [2.05, 4.69) is 34.7 Å². The molecule has 0 radical (unpaired) electrons. The Morgan fingerprint density at radius 1 is 1.07 bits per heavy atom. The summed E-state index contributed by atoms with van der Waals surface area (Å²) >= 11 is 5.55. The predicted octanol–water partition coefficient (Wildman–Crippen LogP) is 4.69. The van der Waals surface area contributed by atoms with Gasteiger partial charge in [-0.15, -0.1) is 0 Å². The van der Waals surface area contributed by atoms with E-state index in [9.17, 15) is 0 Å². The largest absolute Gasteiger partial charge is 0.497 e. The van der Waals surface area contributed by atoms with Crippen LogP contribution in [0.1, 0.15) is 24.9 Å². The molecule has 0 unspecified atom stereocenters. The normalized spacial score (nSPS) is 11.7. The van der Waals surface area contributed by atoms with Crippen LogP contribution >= 0.6 is 12.2 Å². The first-order chi connectivity index (χ1) is 13.2. The van der Waals surface area contributed by atoms with E-state index in [1.807, 2.05) is 36.4 Å². The Kier molecular flexibility index (Phi) is 6.08. The first-order valence-corrected chi connectivity index (χ1v) is 9.20. The first-order valence-electron chi connectivity index (χ1n) is 8.79. The zero-order valence-corrected chi connectivity index (χ0v) is 16.5. The van der Waals surface area contributed by atoms with Crippen LogP contribution in [0, 0.1) is 0 Å². The third-order valence-corrected chi connectivity index (χ3v) is 4.65. The van der Waals surface area contributed by atoms with E-state index in [1.54, 1.807) is 20.4 Å². The van der Waals surface area contributed by atoms with Gasteiger partial charge in [0.05, 0.1) is 20.3 Å². The molecule has 0 aliphatic heterocycles. The molecule has 2 N–H and O–H groups in total. The number of thiocarbonyl (C=S) groups is 1. The van der Waals surface area contributed by atoms with Gasteiger partial charge in [-0.3, -0.25) is 4.98 Å². The monoisotopic (exact) mass is 381 g/mol. The van der Waals surface area contributed by atoms with Crippen molar-refractivity contribution in [3.63, 3.8) is 0 Å². The molecule has 1 aromatic heterocycles. The van der Waals surface area contributed by atoms with E-state index in [4.69, 9.17) is 21.7 Å². The van der Waals surface area contributed by atoms with Gasteiger partial charge in [0.1, 0.15) is 17.0 Å². The minimum Gasteiger partial charge on any atom is -0.497 e. The second-order valence-corrected chi connectivity index (χ2v) is 6.46. The first kappa shape index (κ1) is 18.9. The molecule has 3 rings (SSSR count). The topological polar surface area (TPSA) is 55.4 Å². The number of nitrogens with one attached hydrogen (secondary N) is 2. The molecule has 6 heteroatoms. The lowest BCUT2D eigenvalue weighted by molar-refractivity contribution is 0.414. The Morgan fingerprint density at radius 2 is 1.85 bits per heavy atom. The Balaban J connectivity index is 1.77. The second-order valence-electron chi connectivity index (χ2n) is 6.05. The third kappa shape index (κ3) is 4.28. The Hall–Kier alpha value is -2.86. The molecular formula is C21H23N3O2S. The fourth-order valence-electron chi connectivity index (χ4n) is 2.99. The van der Waals surface area contributed by atoms with Crippen LogP contribution in [0.25, 0.3) is 10.9 Å². The Labute approximate surface area is 164 Å². The van der Waals surface area contributed by atoms with Crippen molar-refractivity contribution in [2.24, 2.45) is 0 Å². The number of fused-ring (bicyclic) bond motifs is 1. The smallest absolute Gasteiger partial charge is 0.171 e. The average molecular weight is 382 g/mol. The summed E-state index contributed by atoms with van der Waals surface area (Å²) in [5.41, 5.74) is 2.85. The molecule has 0 fully saturated rings. The summed E-state index contributed by atoms with van der Waals surface area (Å²) in [4.78, 5) is 4.42. The van der Waals surface area contributed by atoms with E-state index in [-0.39, 0.29) is 6.04 Å². The highest BCUT2D eigenvalue weighted by Gasteiger charge is 2.13. The summed E-state index contributed by atoms with van der Waals surface area (Å²) < 4.78 is 10.6. The summed E-state index contributed by atoms with van der Waals surface area (Å²) in [6.07, 6.45) is 2.65. The molecule has 0 saturated heterocycles. The lowest BCUT2D eigenvalue weighted by Crippen LogP contribution is -2.32. The van der Waals surface area contributed by atoms with Gasteiger partial charge in [0.2, 0.25) is 0 Å². The standard InChI is InChI=1S/C21H23N3O2S/c1-4-17(14-7-9-15(25-2)10-8-14)23-21(27)24-18-11-12-19(26-3)20-16(18)6-5-13-22-20/h5-13,17H,4H2,1-3H3,(H2,23,24,27)/t17-/m1/s1. The van der Waals surface area contributed by atoms with Crippen molar-refractivity contribution < 1.29 is 9.47 Å². The van der Waals surface area contributed by atoms with Crippen LogP contribution in [0.5, 0.6) is 11.5 Å². The molecule has 0 saturated carbocycles. The molecule has 0 bridgehead atoms. The predicted molar refractivity (Wildman–Crippen MR) is 114 cm³/mol. The molecular weight excluding hydrogens is 358 g/mol. The summed E-state index contributed by atoms with van der Waals surface area (Å²) in [6.45, 7) is 2.12. The van der Waals surface area contributed by atoms with Crippen LogP contribution in [-0.4, -0.2) is 24.3 Å². The van der Waals surface area contributed by atoms with Crippen LogP contribution < -0.4 is 20.1 Å². The van der Waals surface area contributed by atoms with Gasteiger partial charge in [0.15, 0.2) is 5.11 Å². The van der Waals surface area contributed by atoms with Crippen molar-refractivity contribution in [1.82, 2.24) is 10.3 Å². The maximum absolute atomic E-state index is 5.55. The quantitative estimate of drug-likeness (QED) is 0.604. The SMILES string of the molecule is CC[C@@H](NC(=S)Nc1ccc(OC)c2ncccc12)c1ccc(OC)cc1. The minimum absolute atomic E-state index is 0.110. The summed E-state index contributed by atoms with van der Waals surface area (Å²) in [5.74, 6) is 1.58. The number of anilines is 1. The molecule has 140 valence electrons. The van der Waals surface area contributed by atoms with Gasteiger partial charge in [-0.2, -0.15) is 0 Å². The number of ether oxygens (including phenoxy) is 2. The van der Waals surface area contributed by atoms with Crippen LogP contribution in [0.2, 0.25) is 0 Å². The molecule has 0 amide bonds.